The van der Waals surface area contributed by atoms with E-state index in [-0.39, 0.29) is 5.91 Å². The van der Waals surface area contributed by atoms with Crippen LogP contribution in [0.3, 0.4) is 0 Å². The van der Waals surface area contributed by atoms with Crippen LogP contribution < -0.4 is 5.32 Å². The van der Waals surface area contributed by atoms with Gasteiger partial charge in [0.25, 0.3) is 0 Å². The lowest BCUT2D eigenvalue weighted by Crippen LogP contribution is -2.51. The van der Waals surface area contributed by atoms with Crippen LogP contribution in [0.25, 0.3) is 0 Å². The van der Waals surface area contributed by atoms with Crippen LogP contribution in [0.2, 0.25) is 0 Å². The maximum absolute atomic E-state index is 10.8. The summed E-state index contributed by atoms with van der Waals surface area (Å²) in [6, 6.07) is 0.304. The molecule has 1 radical (unpaired) electrons. The minimum absolute atomic E-state index is 0.0611. The Bertz CT molecular complexity index is 136. The number of amides is 1. The minimum atomic E-state index is -0.0611. The largest absolute Gasteiger partial charge is 0.337 e. The van der Waals surface area contributed by atoms with Crippen LogP contribution in [-0.2, 0) is 4.79 Å². The number of hydrogen-bond donors (Lipinski definition) is 1. The smallest absolute Gasteiger partial charge is 0.223 e. The molecule has 0 aromatic heterocycles. The molecule has 57 valence electrons. The lowest BCUT2D eigenvalue weighted by molar-refractivity contribution is -0.128. The van der Waals surface area contributed by atoms with Crippen molar-refractivity contribution in [2.24, 2.45) is 0 Å². The van der Waals surface area contributed by atoms with E-state index in [0.29, 0.717) is 6.04 Å². The highest BCUT2D eigenvalue weighted by molar-refractivity contribution is 5.80. The van der Waals surface area contributed by atoms with Crippen molar-refractivity contribution in [2.45, 2.75) is 13.0 Å². The Labute approximate surface area is 61.4 Å². The first-order valence-electron chi connectivity index (χ1n) is 3.55. The van der Waals surface area contributed by atoms with Gasteiger partial charge in [0.15, 0.2) is 0 Å². The molecule has 3 nitrogen and oxygen atoms in total. The molecule has 1 rings (SSSR count). The number of piperazine rings is 1. The first-order valence-corrected chi connectivity index (χ1v) is 3.55. The molecule has 0 aromatic carbocycles. The third kappa shape index (κ3) is 1.48. The van der Waals surface area contributed by atoms with Crippen molar-refractivity contribution in [3.05, 3.63) is 6.92 Å². The van der Waals surface area contributed by atoms with Crippen LogP contribution in [0.15, 0.2) is 0 Å². The summed E-state index contributed by atoms with van der Waals surface area (Å²) < 4.78 is 0. The third-order valence-corrected chi connectivity index (χ3v) is 1.82. The molecule has 1 unspecified atom stereocenters. The maximum atomic E-state index is 10.8. The molecule has 3 heteroatoms. The Balaban J connectivity index is 2.47. The van der Waals surface area contributed by atoms with Crippen molar-refractivity contribution in [2.75, 3.05) is 19.6 Å². The highest BCUT2D eigenvalue weighted by atomic mass is 16.2. The summed E-state index contributed by atoms with van der Waals surface area (Å²) in [5.41, 5.74) is 0. The van der Waals surface area contributed by atoms with Gasteiger partial charge in [0.2, 0.25) is 5.91 Å². The Hall–Kier alpha value is -0.570. The van der Waals surface area contributed by atoms with E-state index in [9.17, 15) is 4.79 Å². The maximum Gasteiger partial charge on any atom is 0.223 e. The second-order valence-corrected chi connectivity index (χ2v) is 2.64. The molecule has 1 saturated heterocycles. The van der Waals surface area contributed by atoms with E-state index in [4.69, 9.17) is 0 Å². The molecular weight excluding hydrogens is 128 g/mol. The van der Waals surface area contributed by atoms with Crippen molar-refractivity contribution >= 4 is 5.91 Å². The molecule has 0 bridgehead atoms. The van der Waals surface area contributed by atoms with Crippen molar-refractivity contribution in [1.29, 1.82) is 0 Å². The second-order valence-electron chi connectivity index (χ2n) is 2.64. The van der Waals surface area contributed by atoms with Crippen LogP contribution in [0, 0.1) is 6.92 Å². The van der Waals surface area contributed by atoms with E-state index in [1.807, 2.05) is 6.92 Å². The van der Waals surface area contributed by atoms with Gasteiger partial charge in [-0.25, -0.2) is 0 Å². The van der Waals surface area contributed by atoms with E-state index in [1.54, 1.807) is 4.90 Å². The van der Waals surface area contributed by atoms with Gasteiger partial charge in [-0.15, -0.1) is 0 Å². The molecule has 1 atom stereocenters. The zero-order valence-electron chi connectivity index (χ0n) is 6.26. The Morgan fingerprint density at radius 3 is 2.90 bits per heavy atom. The van der Waals surface area contributed by atoms with Crippen molar-refractivity contribution in [3.63, 3.8) is 0 Å². The fourth-order valence-electron chi connectivity index (χ4n) is 1.21. The summed E-state index contributed by atoms with van der Waals surface area (Å²) in [5.74, 6) is -0.0611. The van der Waals surface area contributed by atoms with E-state index in [2.05, 4.69) is 12.2 Å². The van der Waals surface area contributed by atoms with Crippen LogP contribution in [0.1, 0.15) is 6.92 Å². The molecule has 10 heavy (non-hydrogen) atoms. The molecule has 0 saturated carbocycles. The quantitative estimate of drug-likeness (QED) is 0.499. The second kappa shape index (κ2) is 3.01. The summed E-state index contributed by atoms with van der Waals surface area (Å²) in [5, 5.41) is 3.20. The first kappa shape index (κ1) is 7.54. The van der Waals surface area contributed by atoms with Crippen molar-refractivity contribution in [3.8, 4) is 0 Å². The topological polar surface area (TPSA) is 32.3 Å². The molecule has 0 aromatic rings. The molecule has 1 N–H and O–H groups in total. The zero-order valence-corrected chi connectivity index (χ0v) is 6.26. The van der Waals surface area contributed by atoms with Gasteiger partial charge in [-0.1, -0.05) is 0 Å². The van der Waals surface area contributed by atoms with E-state index in [0.717, 1.165) is 19.6 Å². The normalized spacial score (nSPS) is 26.6. The van der Waals surface area contributed by atoms with E-state index < -0.39 is 0 Å². The van der Waals surface area contributed by atoms with Gasteiger partial charge in [0, 0.05) is 32.6 Å². The van der Waals surface area contributed by atoms with Crippen molar-refractivity contribution < 1.29 is 4.79 Å². The Kier molecular flexibility index (Phi) is 2.27. The van der Waals surface area contributed by atoms with Crippen LogP contribution in [0.4, 0.5) is 0 Å². The number of rotatable bonds is 0. The molecule has 1 heterocycles. The molecule has 1 fully saturated rings. The summed E-state index contributed by atoms with van der Waals surface area (Å²) in [6.45, 7) is 7.97. The van der Waals surface area contributed by atoms with Gasteiger partial charge in [0.1, 0.15) is 0 Å². The average molecular weight is 141 g/mol. The number of nitrogens with one attached hydrogen (secondary N) is 1. The number of nitrogens with zero attached hydrogens (tertiary/aromatic N) is 1. The summed E-state index contributed by atoms with van der Waals surface area (Å²) in [7, 11) is 0. The fraction of sp³-hybridized carbons (Fsp3) is 0.714. The van der Waals surface area contributed by atoms with Crippen molar-refractivity contribution in [1.82, 2.24) is 10.2 Å². The third-order valence-electron chi connectivity index (χ3n) is 1.82. The molecular formula is C7H13N2O. The minimum Gasteiger partial charge on any atom is -0.337 e. The monoisotopic (exact) mass is 141 g/mol. The Morgan fingerprint density at radius 2 is 2.50 bits per heavy atom. The predicted octanol–water partition coefficient (Wildman–Crippen LogP) is -0.359. The lowest BCUT2D eigenvalue weighted by Gasteiger charge is -2.32. The number of carbonyl (C=O) groups excluding carboxylic acids is 1. The zero-order chi connectivity index (χ0) is 7.56. The Morgan fingerprint density at radius 1 is 1.80 bits per heavy atom. The van der Waals surface area contributed by atoms with Crippen LogP contribution >= 0.6 is 0 Å². The molecule has 0 aliphatic carbocycles. The lowest BCUT2D eigenvalue weighted by atomic mass is 10.2. The molecule has 1 aliphatic heterocycles. The first-order chi connectivity index (χ1) is 4.72. The fourth-order valence-corrected chi connectivity index (χ4v) is 1.21. The van der Waals surface area contributed by atoms with E-state index >= 15 is 0 Å². The van der Waals surface area contributed by atoms with E-state index in [1.165, 1.54) is 0 Å². The van der Waals surface area contributed by atoms with Gasteiger partial charge < -0.3 is 10.2 Å². The van der Waals surface area contributed by atoms with Crippen LogP contribution in [-0.4, -0.2) is 36.5 Å². The highest BCUT2D eigenvalue weighted by Crippen LogP contribution is 2.01. The van der Waals surface area contributed by atoms with Crippen LogP contribution in [0.5, 0.6) is 0 Å². The number of hydrogen-bond acceptors (Lipinski definition) is 2. The van der Waals surface area contributed by atoms with Gasteiger partial charge in [-0.2, -0.15) is 0 Å². The molecule has 1 amide bonds. The van der Waals surface area contributed by atoms with Gasteiger partial charge in [-0.3, -0.25) is 4.79 Å². The standard InChI is InChI=1S/C7H13N2O/c1-6-5-8-3-4-9(6)7(2)10/h6,8H,2-5H2,1H3. The van der Waals surface area contributed by atoms with Gasteiger partial charge >= 0.3 is 0 Å². The SMILES string of the molecule is [CH2]C(=O)N1CCNCC1C. The summed E-state index contributed by atoms with van der Waals surface area (Å²) in [4.78, 5) is 12.6. The summed E-state index contributed by atoms with van der Waals surface area (Å²) >= 11 is 0. The predicted molar refractivity (Wildman–Crippen MR) is 39.4 cm³/mol. The molecule has 1 aliphatic rings. The number of carbonyl (C=O) groups is 1. The van der Waals surface area contributed by atoms with Gasteiger partial charge in [0.05, 0.1) is 0 Å². The average Bonchev–Trinajstić information content (AvgIpc) is 1.88. The van der Waals surface area contributed by atoms with Gasteiger partial charge in [-0.05, 0) is 6.92 Å². The summed E-state index contributed by atoms with van der Waals surface area (Å²) in [6.07, 6.45) is 0. The molecule has 0 spiro atoms. The highest BCUT2D eigenvalue weighted by Gasteiger charge is 2.19.